The number of hydrogen-bond donors (Lipinski definition) is 1. The molecule has 0 unspecified atom stereocenters. The molecule has 2 amide bonds. The molecule has 122 valence electrons. The smallest absolute Gasteiger partial charge is 0.231 e. The lowest BCUT2D eigenvalue weighted by molar-refractivity contribution is -0.140. The summed E-state index contributed by atoms with van der Waals surface area (Å²) >= 11 is 1.58. The first-order chi connectivity index (χ1) is 11.1. The van der Waals surface area contributed by atoms with Gasteiger partial charge in [-0.1, -0.05) is 6.07 Å². The van der Waals surface area contributed by atoms with Crippen molar-refractivity contribution < 1.29 is 9.59 Å². The van der Waals surface area contributed by atoms with Crippen LogP contribution in [-0.2, 0) is 16.1 Å². The third-order valence-corrected chi connectivity index (χ3v) is 5.19. The number of anilines is 1. The lowest BCUT2D eigenvalue weighted by atomic mass is 9.87. The number of nitrogens with zero attached hydrogens (tertiary/aromatic N) is 3. The molecule has 23 heavy (non-hydrogen) atoms. The second kappa shape index (κ2) is 6.54. The summed E-state index contributed by atoms with van der Waals surface area (Å²) in [7, 11) is 1.78. The van der Waals surface area contributed by atoms with Gasteiger partial charge in [-0.3, -0.25) is 14.3 Å². The van der Waals surface area contributed by atoms with E-state index in [9.17, 15) is 9.59 Å². The first-order valence-corrected chi connectivity index (χ1v) is 8.61. The van der Waals surface area contributed by atoms with Crippen LogP contribution < -0.4 is 5.32 Å². The number of likely N-dealkylation sites (tertiary alicyclic amines) is 1. The van der Waals surface area contributed by atoms with Gasteiger partial charge in [0.25, 0.3) is 0 Å². The zero-order valence-electron chi connectivity index (χ0n) is 13.2. The molecule has 2 aromatic rings. The lowest BCUT2D eigenvalue weighted by Gasteiger charge is -2.37. The molecule has 0 saturated carbocycles. The zero-order chi connectivity index (χ0) is 16.4. The lowest BCUT2D eigenvalue weighted by Crippen LogP contribution is -2.44. The van der Waals surface area contributed by atoms with Crippen molar-refractivity contribution in [2.45, 2.75) is 32.4 Å². The number of carbonyl (C=O) groups is 2. The van der Waals surface area contributed by atoms with Gasteiger partial charge in [0.2, 0.25) is 11.8 Å². The summed E-state index contributed by atoms with van der Waals surface area (Å²) in [6.07, 6.45) is 2.80. The Morgan fingerprint density at radius 1 is 1.48 bits per heavy atom. The van der Waals surface area contributed by atoms with E-state index in [0.29, 0.717) is 18.7 Å². The van der Waals surface area contributed by atoms with Gasteiger partial charge in [0.15, 0.2) is 5.82 Å². The van der Waals surface area contributed by atoms with Crippen molar-refractivity contribution in [1.29, 1.82) is 0 Å². The minimum Gasteiger partial charge on any atom is -0.337 e. The van der Waals surface area contributed by atoms with Gasteiger partial charge in [0.1, 0.15) is 0 Å². The molecule has 0 spiro atoms. The van der Waals surface area contributed by atoms with Gasteiger partial charge in [0, 0.05) is 37.2 Å². The van der Waals surface area contributed by atoms with Gasteiger partial charge >= 0.3 is 0 Å². The molecule has 3 heterocycles. The molecule has 2 atom stereocenters. The van der Waals surface area contributed by atoms with Crippen LogP contribution in [0, 0.1) is 5.92 Å². The summed E-state index contributed by atoms with van der Waals surface area (Å²) in [5, 5.41) is 9.15. The Bertz CT molecular complexity index is 695. The number of amides is 2. The number of rotatable bonds is 4. The minimum atomic E-state index is -0.261. The fourth-order valence-electron chi connectivity index (χ4n) is 2.98. The van der Waals surface area contributed by atoms with Crippen LogP contribution in [0.4, 0.5) is 5.82 Å². The van der Waals surface area contributed by atoms with Gasteiger partial charge < -0.3 is 10.2 Å². The average Bonchev–Trinajstić information content (AvgIpc) is 3.21. The fraction of sp³-hybridized carbons (Fsp3) is 0.438. The van der Waals surface area contributed by atoms with E-state index >= 15 is 0 Å². The summed E-state index contributed by atoms with van der Waals surface area (Å²) < 4.78 is 1.77. The normalized spacial score (nSPS) is 21.5. The molecule has 1 N–H and O–H groups in total. The van der Waals surface area contributed by atoms with Crippen molar-refractivity contribution in [2.24, 2.45) is 5.92 Å². The molecule has 0 radical (unpaired) electrons. The predicted molar refractivity (Wildman–Crippen MR) is 89.1 cm³/mol. The quantitative estimate of drug-likeness (QED) is 0.935. The molecule has 2 aromatic heterocycles. The number of thiophene rings is 1. The zero-order valence-corrected chi connectivity index (χ0v) is 14.0. The first kappa shape index (κ1) is 15.7. The highest BCUT2D eigenvalue weighted by molar-refractivity contribution is 7.10. The Morgan fingerprint density at radius 2 is 2.30 bits per heavy atom. The summed E-state index contributed by atoms with van der Waals surface area (Å²) in [4.78, 5) is 27.5. The van der Waals surface area contributed by atoms with Gasteiger partial charge in [0.05, 0.1) is 12.0 Å². The monoisotopic (exact) mass is 332 g/mol. The largest absolute Gasteiger partial charge is 0.337 e. The van der Waals surface area contributed by atoms with Crippen molar-refractivity contribution in [3.8, 4) is 0 Å². The summed E-state index contributed by atoms with van der Waals surface area (Å²) in [5.41, 5.74) is 0. The van der Waals surface area contributed by atoms with Gasteiger partial charge in [-0.25, -0.2) is 0 Å². The van der Waals surface area contributed by atoms with E-state index < -0.39 is 0 Å². The van der Waals surface area contributed by atoms with Crippen molar-refractivity contribution in [3.63, 3.8) is 0 Å². The molecule has 0 aliphatic carbocycles. The molecule has 7 heteroatoms. The predicted octanol–water partition coefficient (Wildman–Crippen LogP) is 2.51. The molecule has 1 aliphatic rings. The fourth-order valence-corrected chi connectivity index (χ4v) is 3.92. The molecule has 0 bridgehead atoms. The molecular formula is C16H20N4O2S. The highest BCUT2D eigenvalue weighted by atomic mass is 32.1. The third kappa shape index (κ3) is 3.14. The molecule has 0 aromatic carbocycles. The number of nitrogens with one attached hydrogen (secondary N) is 1. The molecule has 3 rings (SSSR count). The summed E-state index contributed by atoms with van der Waals surface area (Å²) in [6, 6.07) is 5.52. The van der Waals surface area contributed by atoms with Crippen LogP contribution in [0.1, 0.15) is 30.7 Å². The van der Waals surface area contributed by atoms with Crippen LogP contribution in [0.15, 0.2) is 29.8 Å². The second-order valence-electron chi connectivity index (χ2n) is 5.66. The Kier molecular flexibility index (Phi) is 4.47. The number of piperidine rings is 1. The van der Waals surface area contributed by atoms with Crippen LogP contribution in [0.25, 0.3) is 0 Å². The number of hydrogen-bond acceptors (Lipinski definition) is 4. The molecule has 1 aliphatic heterocycles. The van der Waals surface area contributed by atoms with Crippen LogP contribution in [-0.4, -0.2) is 33.5 Å². The number of aryl methyl sites for hydroxylation is 1. The molecule has 6 nitrogen and oxygen atoms in total. The first-order valence-electron chi connectivity index (χ1n) is 7.73. The maximum Gasteiger partial charge on any atom is 0.231 e. The highest BCUT2D eigenvalue weighted by Crippen LogP contribution is 2.38. The van der Waals surface area contributed by atoms with E-state index in [4.69, 9.17) is 0 Å². The SMILES string of the molecule is CCn1ccc(NC(=O)[C@@H]2CCC(=O)N(C)[C@H]2c2cccs2)n1. The summed E-state index contributed by atoms with van der Waals surface area (Å²) in [5.74, 6) is 0.302. The number of carbonyl (C=O) groups excluding carboxylic acids is 2. The van der Waals surface area contributed by atoms with E-state index in [-0.39, 0.29) is 23.8 Å². The van der Waals surface area contributed by atoms with E-state index in [1.807, 2.05) is 30.6 Å². The van der Waals surface area contributed by atoms with Crippen LogP contribution in [0.3, 0.4) is 0 Å². The number of aromatic nitrogens is 2. The van der Waals surface area contributed by atoms with E-state index in [0.717, 1.165) is 11.4 Å². The van der Waals surface area contributed by atoms with E-state index in [1.165, 1.54) is 0 Å². The Labute approximate surface area is 139 Å². The van der Waals surface area contributed by atoms with Crippen molar-refractivity contribution in [2.75, 3.05) is 12.4 Å². The van der Waals surface area contributed by atoms with Crippen molar-refractivity contribution in [3.05, 3.63) is 34.7 Å². The second-order valence-corrected chi connectivity index (χ2v) is 6.64. The maximum atomic E-state index is 12.7. The van der Waals surface area contributed by atoms with Gasteiger partial charge in [-0.05, 0) is 24.8 Å². The van der Waals surface area contributed by atoms with Crippen LogP contribution in [0.5, 0.6) is 0 Å². The average molecular weight is 332 g/mol. The Hall–Kier alpha value is -2.15. The molecule has 1 saturated heterocycles. The third-order valence-electron chi connectivity index (χ3n) is 4.25. The standard InChI is InChI=1S/C16H20N4O2S/c1-3-20-9-8-13(18-20)17-16(22)11-6-7-14(21)19(2)15(11)12-5-4-10-23-12/h4-5,8-11,15H,3,6-7H2,1-2H3,(H,17,18,22)/t11-,15-/m1/s1. The van der Waals surface area contributed by atoms with Gasteiger partial charge in [-0.15, -0.1) is 11.3 Å². The summed E-state index contributed by atoms with van der Waals surface area (Å²) in [6.45, 7) is 2.75. The highest BCUT2D eigenvalue weighted by Gasteiger charge is 2.39. The Balaban J connectivity index is 1.80. The van der Waals surface area contributed by atoms with Crippen LogP contribution >= 0.6 is 11.3 Å². The maximum absolute atomic E-state index is 12.7. The van der Waals surface area contributed by atoms with E-state index in [2.05, 4.69) is 10.4 Å². The topological polar surface area (TPSA) is 67.2 Å². The van der Waals surface area contributed by atoms with Crippen molar-refractivity contribution in [1.82, 2.24) is 14.7 Å². The van der Waals surface area contributed by atoms with E-state index in [1.54, 1.807) is 34.0 Å². The van der Waals surface area contributed by atoms with Crippen LogP contribution in [0.2, 0.25) is 0 Å². The Morgan fingerprint density at radius 3 is 2.96 bits per heavy atom. The minimum absolute atomic E-state index is 0.0795. The van der Waals surface area contributed by atoms with Gasteiger partial charge in [-0.2, -0.15) is 5.10 Å². The van der Waals surface area contributed by atoms with Crippen molar-refractivity contribution >= 4 is 29.0 Å². The molecule has 1 fully saturated rings. The molecular weight excluding hydrogens is 312 g/mol.